The number of aliphatic imine (C=N–C) groups is 1. The first-order chi connectivity index (χ1) is 12.9. The van der Waals surface area contributed by atoms with E-state index in [2.05, 4.69) is 32.8 Å². The number of amidine groups is 1. The van der Waals surface area contributed by atoms with Gasteiger partial charge in [-0.25, -0.2) is 9.18 Å². The summed E-state index contributed by atoms with van der Waals surface area (Å²) in [4.78, 5) is 17.9. The molecular formula is C19H19BrClFN2O2S. The Labute approximate surface area is 175 Å². The van der Waals surface area contributed by atoms with Gasteiger partial charge < -0.3 is 10.1 Å². The Morgan fingerprint density at radius 2 is 2.30 bits per heavy atom. The number of alkyl halides is 1. The first-order valence-electron chi connectivity index (χ1n) is 8.16. The molecule has 27 heavy (non-hydrogen) atoms. The number of rotatable bonds is 7. The zero-order valence-electron chi connectivity index (χ0n) is 14.9. The van der Waals surface area contributed by atoms with Crippen molar-refractivity contribution in [2.24, 2.45) is 4.99 Å². The Hall–Kier alpha value is -1.57. The van der Waals surface area contributed by atoms with Crippen molar-refractivity contribution >= 4 is 51.1 Å². The van der Waals surface area contributed by atoms with Crippen molar-refractivity contribution in [1.82, 2.24) is 5.32 Å². The minimum absolute atomic E-state index is 0.0741. The van der Waals surface area contributed by atoms with Crippen LogP contribution in [0.4, 0.5) is 4.39 Å². The van der Waals surface area contributed by atoms with Crippen molar-refractivity contribution in [2.45, 2.75) is 19.9 Å². The van der Waals surface area contributed by atoms with Crippen molar-refractivity contribution < 1.29 is 13.9 Å². The molecule has 8 heteroatoms. The molecule has 0 amide bonds. The summed E-state index contributed by atoms with van der Waals surface area (Å²) in [5.41, 5.74) is 1.25. The molecule has 1 N–H and O–H groups in total. The van der Waals surface area contributed by atoms with Gasteiger partial charge in [0.15, 0.2) is 0 Å². The van der Waals surface area contributed by atoms with Gasteiger partial charge in [0, 0.05) is 21.5 Å². The van der Waals surface area contributed by atoms with E-state index in [1.807, 2.05) is 18.4 Å². The molecule has 0 bridgehead atoms. The van der Waals surface area contributed by atoms with Crippen molar-refractivity contribution in [1.29, 1.82) is 0 Å². The summed E-state index contributed by atoms with van der Waals surface area (Å²) in [6.07, 6.45) is 1.88. The summed E-state index contributed by atoms with van der Waals surface area (Å²) in [5, 5.41) is 5.27. The summed E-state index contributed by atoms with van der Waals surface area (Å²) >= 11 is 11.0. The van der Waals surface area contributed by atoms with Gasteiger partial charge in [0.2, 0.25) is 0 Å². The number of hydrogen-bond donors (Lipinski definition) is 1. The first-order valence-corrected chi connectivity index (χ1v) is 10.5. The number of carbonyl (C=O) groups is 1. The standard InChI is InChI=1S/C19H19BrClFN2O2S/c1-4-9-27-11(3)18-23-14(10-20)15(19(25)26-5-2)17(24-18)12-7-6-8-13(22)16(12)21/h4,6-9,17H,3,5,10H2,1-2H3,(H,23,24)/b9-4-/t17-/m0/s1. The third kappa shape index (κ3) is 5.03. The molecule has 0 saturated carbocycles. The highest BCUT2D eigenvalue weighted by molar-refractivity contribution is 9.09. The predicted octanol–water partition coefficient (Wildman–Crippen LogP) is 5.51. The molecule has 0 saturated heterocycles. The lowest BCUT2D eigenvalue weighted by Crippen LogP contribution is -2.34. The summed E-state index contributed by atoms with van der Waals surface area (Å²) in [6, 6.07) is 3.64. The fraction of sp³-hybridized carbons (Fsp3) is 0.263. The fourth-order valence-corrected chi connectivity index (χ4v) is 3.64. The van der Waals surface area contributed by atoms with E-state index in [0.717, 1.165) is 0 Å². The quantitative estimate of drug-likeness (QED) is 0.419. The minimum Gasteiger partial charge on any atom is -0.463 e. The number of carbonyl (C=O) groups excluding carboxylic acids is 1. The van der Waals surface area contributed by atoms with Crippen molar-refractivity contribution in [3.8, 4) is 0 Å². The molecule has 144 valence electrons. The van der Waals surface area contributed by atoms with Gasteiger partial charge in [0.05, 0.1) is 17.2 Å². The summed E-state index contributed by atoms with van der Waals surface area (Å²) in [6.45, 7) is 7.84. The van der Waals surface area contributed by atoms with E-state index in [9.17, 15) is 9.18 Å². The number of nitrogens with zero attached hydrogens (tertiary/aromatic N) is 1. The summed E-state index contributed by atoms with van der Waals surface area (Å²) in [5.74, 6) is -0.611. The molecule has 0 aromatic heterocycles. The number of nitrogens with one attached hydrogen (secondary N) is 1. The molecule has 4 nitrogen and oxygen atoms in total. The van der Waals surface area contributed by atoms with Gasteiger partial charge in [-0.15, -0.1) is 0 Å². The van der Waals surface area contributed by atoms with Gasteiger partial charge in [0.1, 0.15) is 17.7 Å². The van der Waals surface area contributed by atoms with Crippen LogP contribution in [0, 0.1) is 5.82 Å². The first kappa shape index (κ1) is 21.7. The van der Waals surface area contributed by atoms with Gasteiger partial charge >= 0.3 is 5.97 Å². The van der Waals surface area contributed by atoms with Crippen LogP contribution in [0.5, 0.6) is 0 Å². The van der Waals surface area contributed by atoms with Crippen LogP contribution in [0.1, 0.15) is 25.5 Å². The van der Waals surface area contributed by atoms with Crippen LogP contribution in [0.3, 0.4) is 0 Å². The van der Waals surface area contributed by atoms with Crippen LogP contribution in [0.25, 0.3) is 0 Å². The van der Waals surface area contributed by atoms with E-state index in [1.165, 1.54) is 23.9 Å². The van der Waals surface area contributed by atoms with Gasteiger partial charge in [-0.1, -0.05) is 64.1 Å². The Morgan fingerprint density at radius 1 is 1.56 bits per heavy atom. The van der Waals surface area contributed by atoms with E-state index in [1.54, 1.807) is 13.0 Å². The molecule has 1 aliphatic heterocycles. The van der Waals surface area contributed by atoms with Crippen LogP contribution >= 0.6 is 39.3 Å². The highest BCUT2D eigenvalue weighted by Gasteiger charge is 2.33. The minimum atomic E-state index is -0.806. The smallest absolute Gasteiger partial charge is 0.338 e. The predicted molar refractivity (Wildman–Crippen MR) is 114 cm³/mol. The second-order valence-corrected chi connectivity index (χ2v) is 7.34. The number of allylic oxidation sites excluding steroid dienone is 2. The van der Waals surface area contributed by atoms with Gasteiger partial charge in [0.25, 0.3) is 0 Å². The lowest BCUT2D eigenvalue weighted by molar-refractivity contribution is -0.138. The van der Waals surface area contributed by atoms with Gasteiger partial charge in [-0.3, -0.25) is 4.99 Å². The fourth-order valence-electron chi connectivity index (χ4n) is 2.45. The average Bonchev–Trinajstić information content (AvgIpc) is 2.67. The Morgan fingerprint density at radius 3 is 2.93 bits per heavy atom. The molecule has 0 fully saturated rings. The summed E-state index contributed by atoms with van der Waals surface area (Å²) in [7, 11) is 0. The maximum absolute atomic E-state index is 14.0. The molecule has 0 unspecified atom stereocenters. The monoisotopic (exact) mass is 472 g/mol. The van der Waals surface area contributed by atoms with Crippen LogP contribution in [0.15, 0.2) is 57.4 Å². The highest BCUT2D eigenvalue weighted by Crippen LogP contribution is 2.38. The van der Waals surface area contributed by atoms with Crippen LogP contribution in [-0.2, 0) is 9.53 Å². The molecule has 0 spiro atoms. The van der Waals surface area contributed by atoms with Crippen LogP contribution in [-0.4, -0.2) is 23.7 Å². The zero-order chi connectivity index (χ0) is 20.0. The SMILES string of the molecule is C=C(S/C=C\C)C1=N[C@@H](c2cccc(F)c2Cl)C(C(=O)OCC)=C(CBr)N1. The third-order valence-electron chi connectivity index (χ3n) is 3.64. The Kier molecular flexibility index (Phi) is 8.13. The Balaban J connectivity index is 2.60. The number of thioether (sulfide) groups is 1. The normalized spacial score (nSPS) is 16.9. The molecule has 2 rings (SSSR count). The van der Waals surface area contributed by atoms with E-state index < -0.39 is 17.8 Å². The molecule has 1 aromatic rings. The molecule has 1 aromatic carbocycles. The van der Waals surface area contributed by atoms with E-state index in [-0.39, 0.29) is 17.2 Å². The van der Waals surface area contributed by atoms with Gasteiger partial charge in [-0.2, -0.15) is 0 Å². The van der Waals surface area contributed by atoms with Crippen LogP contribution in [0.2, 0.25) is 5.02 Å². The third-order valence-corrected chi connectivity index (χ3v) is 5.49. The maximum atomic E-state index is 14.0. The number of hydrogen-bond acceptors (Lipinski definition) is 5. The molecule has 1 aliphatic rings. The molecule has 0 radical (unpaired) electrons. The molecule has 1 heterocycles. The van der Waals surface area contributed by atoms with Crippen LogP contribution < -0.4 is 5.32 Å². The summed E-state index contributed by atoms with van der Waals surface area (Å²) < 4.78 is 19.2. The molecular weight excluding hydrogens is 455 g/mol. The maximum Gasteiger partial charge on any atom is 0.338 e. The number of ether oxygens (including phenoxy) is 1. The van der Waals surface area contributed by atoms with E-state index in [0.29, 0.717) is 27.3 Å². The lowest BCUT2D eigenvalue weighted by Gasteiger charge is -2.27. The lowest BCUT2D eigenvalue weighted by atomic mass is 9.95. The topological polar surface area (TPSA) is 50.7 Å². The second kappa shape index (κ2) is 10.1. The second-order valence-electron chi connectivity index (χ2n) is 5.41. The molecule has 1 atom stereocenters. The Bertz CT molecular complexity index is 839. The highest BCUT2D eigenvalue weighted by atomic mass is 79.9. The molecule has 0 aliphatic carbocycles. The van der Waals surface area contributed by atoms with E-state index >= 15 is 0 Å². The number of benzene rings is 1. The van der Waals surface area contributed by atoms with Gasteiger partial charge in [-0.05, 0) is 25.3 Å². The van der Waals surface area contributed by atoms with Crippen molar-refractivity contribution in [3.63, 3.8) is 0 Å². The largest absolute Gasteiger partial charge is 0.463 e. The zero-order valence-corrected chi connectivity index (χ0v) is 18.0. The van der Waals surface area contributed by atoms with Crippen molar-refractivity contribution in [3.05, 3.63) is 68.8 Å². The van der Waals surface area contributed by atoms with E-state index in [4.69, 9.17) is 16.3 Å². The average molecular weight is 474 g/mol. The number of esters is 1. The number of halogens is 3. The van der Waals surface area contributed by atoms with Crippen molar-refractivity contribution in [2.75, 3.05) is 11.9 Å².